The summed E-state index contributed by atoms with van der Waals surface area (Å²) in [5.41, 5.74) is 0.406. The predicted octanol–water partition coefficient (Wildman–Crippen LogP) is 2.09. The average molecular weight is 419 g/mol. The van der Waals surface area contributed by atoms with Crippen molar-refractivity contribution in [2.24, 2.45) is 0 Å². The van der Waals surface area contributed by atoms with Crippen LogP contribution in [0.15, 0.2) is 36.7 Å². The Balaban J connectivity index is 1.61. The van der Waals surface area contributed by atoms with Crippen molar-refractivity contribution in [3.8, 4) is 17.5 Å². The van der Waals surface area contributed by atoms with E-state index in [4.69, 9.17) is 4.74 Å². The van der Waals surface area contributed by atoms with Crippen LogP contribution in [0.1, 0.15) is 17.5 Å². The van der Waals surface area contributed by atoms with Crippen molar-refractivity contribution in [3.63, 3.8) is 0 Å². The van der Waals surface area contributed by atoms with E-state index >= 15 is 0 Å². The first kappa shape index (κ1) is 21.7. The van der Waals surface area contributed by atoms with Crippen molar-refractivity contribution in [2.75, 3.05) is 19.7 Å². The molecule has 2 aromatic rings. The van der Waals surface area contributed by atoms with Crippen molar-refractivity contribution in [2.45, 2.75) is 31.2 Å². The van der Waals surface area contributed by atoms with Crippen molar-refractivity contribution in [3.05, 3.63) is 47.8 Å². The molecule has 1 fully saturated rings. The van der Waals surface area contributed by atoms with Crippen LogP contribution in [-0.2, 0) is 22.1 Å². The highest BCUT2D eigenvalue weighted by atomic mass is 19.4. The van der Waals surface area contributed by atoms with Gasteiger partial charge in [0.15, 0.2) is 5.82 Å². The van der Waals surface area contributed by atoms with Crippen LogP contribution in [0, 0.1) is 11.3 Å². The number of nitrogens with one attached hydrogen (secondary N) is 2. The van der Waals surface area contributed by atoms with Crippen LogP contribution in [0.25, 0.3) is 11.4 Å². The topological polar surface area (TPSA) is 99.9 Å². The van der Waals surface area contributed by atoms with Gasteiger partial charge in [0.25, 0.3) is 5.91 Å². The molecule has 1 aromatic heterocycles. The van der Waals surface area contributed by atoms with Crippen molar-refractivity contribution >= 4 is 5.91 Å². The number of halogens is 3. The average Bonchev–Trinajstić information content (AvgIpc) is 3.03. The fraction of sp³-hybridized carbons (Fsp3) is 0.400. The van der Waals surface area contributed by atoms with Gasteiger partial charge in [-0.25, -0.2) is 9.97 Å². The Kier molecular flexibility index (Phi) is 6.97. The van der Waals surface area contributed by atoms with Crippen LogP contribution < -0.4 is 10.6 Å². The van der Waals surface area contributed by atoms with Gasteiger partial charge < -0.3 is 15.4 Å². The predicted molar refractivity (Wildman–Crippen MR) is 101 cm³/mol. The third-order valence-electron chi connectivity index (χ3n) is 4.54. The van der Waals surface area contributed by atoms with Crippen LogP contribution in [0.5, 0.6) is 0 Å². The zero-order chi connectivity index (χ0) is 21.6. The Morgan fingerprint density at radius 3 is 2.63 bits per heavy atom. The number of carbonyl (C=O) groups is 1. The normalized spacial score (nSPS) is 18.1. The molecular formula is C20H20F3N5O2. The van der Waals surface area contributed by atoms with E-state index in [0.29, 0.717) is 18.7 Å². The number of hydrogen-bond acceptors (Lipinski definition) is 6. The largest absolute Gasteiger partial charge is 0.419 e. The summed E-state index contributed by atoms with van der Waals surface area (Å²) in [6.07, 6.45) is -2.56. The molecule has 158 valence electrons. The van der Waals surface area contributed by atoms with E-state index in [1.54, 1.807) is 24.3 Å². The maximum atomic E-state index is 12.6. The van der Waals surface area contributed by atoms with Crippen molar-refractivity contribution in [1.29, 1.82) is 5.26 Å². The minimum atomic E-state index is -4.49. The van der Waals surface area contributed by atoms with Gasteiger partial charge >= 0.3 is 6.18 Å². The minimum absolute atomic E-state index is 0.165. The Hall–Kier alpha value is -3.03. The van der Waals surface area contributed by atoms with Crippen LogP contribution in [0.3, 0.4) is 0 Å². The molecule has 1 amide bonds. The molecule has 1 saturated heterocycles. The molecule has 0 spiro atoms. The van der Waals surface area contributed by atoms with Gasteiger partial charge in [0, 0.05) is 37.5 Å². The maximum Gasteiger partial charge on any atom is 0.419 e. The second-order valence-corrected chi connectivity index (χ2v) is 6.80. The lowest BCUT2D eigenvalue weighted by Gasteiger charge is -2.18. The van der Waals surface area contributed by atoms with E-state index in [9.17, 15) is 23.2 Å². The van der Waals surface area contributed by atoms with Gasteiger partial charge in [-0.3, -0.25) is 4.79 Å². The maximum absolute atomic E-state index is 12.6. The molecule has 2 atom stereocenters. The van der Waals surface area contributed by atoms with Gasteiger partial charge in [-0.15, -0.1) is 0 Å². The number of hydrogen-bond donors (Lipinski definition) is 2. The molecule has 1 aliphatic heterocycles. The zero-order valence-electron chi connectivity index (χ0n) is 15.9. The molecule has 0 radical (unpaired) electrons. The SMILES string of the molecule is N#CC(Cc1ccc(-c2ncc(C(F)(F)F)cn2)cc1)NC(=O)C1CNCCCO1. The molecule has 7 nitrogen and oxygen atoms in total. The first-order valence-electron chi connectivity index (χ1n) is 9.37. The lowest BCUT2D eigenvalue weighted by Crippen LogP contribution is -2.46. The Labute approximate surface area is 171 Å². The van der Waals surface area contributed by atoms with Crippen molar-refractivity contribution < 1.29 is 22.7 Å². The Bertz CT molecular complexity index is 887. The second-order valence-electron chi connectivity index (χ2n) is 6.80. The third kappa shape index (κ3) is 5.75. The molecule has 3 rings (SSSR count). The summed E-state index contributed by atoms with van der Waals surface area (Å²) in [6.45, 7) is 1.65. The summed E-state index contributed by atoms with van der Waals surface area (Å²) in [5.74, 6) is -0.177. The Morgan fingerprint density at radius 2 is 2.00 bits per heavy atom. The number of alkyl halides is 3. The fourth-order valence-electron chi connectivity index (χ4n) is 2.93. The molecule has 0 aliphatic carbocycles. The summed E-state index contributed by atoms with van der Waals surface area (Å²) in [6, 6.07) is 8.08. The van der Waals surface area contributed by atoms with Gasteiger partial charge in [-0.2, -0.15) is 18.4 Å². The van der Waals surface area contributed by atoms with E-state index in [2.05, 4.69) is 26.7 Å². The summed E-state index contributed by atoms with van der Waals surface area (Å²) in [7, 11) is 0. The van der Waals surface area contributed by atoms with Crippen LogP contribution in [0.2, 0.25) is 0 Å². The number of benzene rings is 1. The smallest absolute Gasteiger partial charge is 0.367 e. The first-order valence-corrected chi connectivity index (χ1v) is 9.37. The number of ether oxygens (including phenoxy) is 1. The highest BCUT2D eigenvalue weighted by molar-refractivity contribution is 5.81. The van der Waals surface area contributed by atoms with Crippen molar-refractivity contribution in [1.82, 2.24) is 20.6 Å². The van der Waals surface area contributed by atoms with Gasteiger partial charge in [0.05, 0.1) is 11.6 Å². The van der Waals surface area contributed by atoms with Crippen LogP contribution >= 0.6 is 0 Å². The standard InChI is InChI=1S/C20H20F3N5O2/c21-20(22,23)15-10-26-18(27-11-15)14-4-2-13(3-5-14)8-16(9-24)28-19(29)17-12-25-6-1-7-30-17/h2-5,10-11,16-17,25H,1,6-8,12H2,(H,28,29). The highest BCUT2D eigenvalue weighted by Gasteiger charge is 2.31. The van der Waals surface area contributed by atoms with E-state index in [0.717, 1.165) is 30.9 Å². The number of rotatable bonds is 5. The molecule has 2 unspecified atom stereocenters. The molecular weight excluding hydrogens is 399 g/mol. The molecule has 1 aromatic carbocycles. The molecule has 0 saturated carbocycles. The van der Waals surface area contributed by atoms with E-state index in [-0.39, 0.29) is 18.2 Å². The summed E-state index contributed by atoms with van der Waals surface area (Å²) in [4.78, 5) is 19.8. The van der Waals surface area contributed by atoms with E-state index in [1.807, 2.05) is 0 Å². The lowest BCUT2D eigenvalue weighted by atomic mass is 10.0. The second kappa shape index (κ2) is 9.65. The van der Waals surface area contributed by atoms with Gasteiger partial charge in [0.1, 0.15) is 12.1 Å². The summed E-state index contributed by atoms with van der Waals surface area (Å²) < 4.78 is 43.3. The van der Waals surface area contributed by atoms with E-state index < -0.39 is 23.9 Å². The molecule has 2 heterocycles. The molecule has 0 bridgehead atoms. The van der Waals surface area contributed by atoms with Crippen LogP contribution in [-0.4, -0.2) is 47.7 Å². The summed E-state index contributed by atoms with van der Waals surface area (Å²) in [5, 5.41) is 15.2. The van der Waals surface area contributed by atoms with Gasteiger partial charge in [-0.1, -0.05) is 24.3 Å². The number of aromatic nitrogens is 2. The lowest BCUT2D eigenvalue weighted by molar-refractivity contribution is -0.138. The van der Waals surface area contributed by atoms with Gasteiger partial charge in [0.2, 0.25) is 0 Å². The molecule has 1 aliphatic rings. The number of nitriles is 1. The molecule has 2 N–H and O–H groups in total. The Morgan fingerprint density at radius 1 is 1.30 bits per heavy atom. The van der Waals surface area contributed by atoms with Crippen LogP contribution in [0.4, 0.5) is 13.2 Å². The molecule has 10 heteroatoms. The highest BCUT2D eigenvalue weighted by Crippen LogP contribution is 2.28. The monoisotopic (exact) mass is 419 g/mol. The molecule has 30 heavy (non-hydrogen) atoms. The number of carbonyl (C=O) groups excluding carboxylic acids is 1. The first-order chi connectivity index (χ1) is 14.4. The zero-order valence-corrected chi connectivity index (χ0v) is 15.9. The quantitative estimate of drug-likeness (QED) is 0.770. The minimum Gasteiger partial charge on any atom is -0.367 e. The third-order valence-corrected chi connectivity index (χ3v) is 4.54. The van der Waals surface area contributed by atoms with E-state index in [1.165, 1.54) is 0 Å². The van der Waals surface area contributed by atoms with Gasteiger partial charge in [-0.05, 0) is 18.5 Å². The number of nitrogens with zero attached hydrogens (tertiary/aromatic N) is 3. The fourth-order valence-corrected chi connectivity index (χ4v) is 2.93. The summed E-state index contributed by atoms with van der Waals surface area (Å²) >= 11 is 0. The number of amides is 1.